The zero-order valence-corrected chi connectivity index (χ0v) is 4.48. The summed E-state index contributed by atoms with van der Waals surface area (Å²) in [4.78, 5) is 0. The summed E-state index contributed by atoms with van der Waals surface area (Å²) in [5.74, 6) is 0. The first-order chi connectivity index (χ1) is 3.11. The molecule has 0 radical (unpaired) electrons. The van der Waals surface area contributed by atoms with Crippen molar-refractivity contribution in [3.63, 3.8) is 0 Å². The van der Waals surface area contributed by atoms with E-state index in [4.69, 9.17) is 4.55 Å². The third kappa shape index (κ3) is 2.46. The molecule has 1 saturated carbocycles. The van der Waals surface area contributed by atoms with Crippen LogP contribution in [0.1, 0.15) is 12.8 Å². The summed E-state index contributed by atoms with van der Waals surface area (Å²) in [7, 11) is -3.63. The van der Waals surface area contributed by atoms with Crippen molar-refractivity contribution in [2.45, 2.75) is 18.1 Å². The van der Waals surface area contributed by atoms with Crippen molar-refractivity contribution in [1.29, 1.82) is 0 Å². The third-order valence-corrected chi connectivity index (χ3v) is 2.26. The molecule has 0 unspecified atom stereocenters. The van der Waals surface area contributed by atoms with Gasteiger partial charge in [-0.3, -0.25) is 4.55 Å². The maximum absolute atomic E-state index is 9.95. The van der Waals surface area contributed by atoms with Crippen LogP contribution in [0.4, 0.5) is 0 Å². The van der Waals surface area contributed by atoms with Crippen LogP contribution in [0.25, 0.3) is 0 Å². The summed E-state index contributed by atoms with van der Waals surface area (Å²) in [5.41, 5.74) is 0. The van der Waals surface area contributed by atoms with E-state index in [1.807, 2.05) is 0 Å². The third-order valence-electron chi connectivity index (χ3n) is 0.946. The molecule has 0 aliphatic heterocycles. The molecule has 0 heterocycles. The van der Waals surface area contributed by atoms with Crippen molar-refractivity contribution in [3.8, 4) is 0 Å². The van der Waals surface area contributed by atoms with Crippen LogP contribution in [0.5, 0.6) is 0 Å². The van der Waals surface area contributed by atoms with Crippen molar-refractivity contribution in [2.75, 3.05) is 0 Å². The van der Waals surface area contributed by atoms with E-state index in [2.05, 4.69) is 0 Å². The Kier molecular flexibility index (Phi) is 2.97. The molecule has 1 rings (SSSR count). The molecule has 0 aromatic carbocycles. The normalized spacial score (nSPS) is 19.6. The van der Waals surface area contributed by atoms with Gasteiger partial charge < -0.3 is 0 Å². The van der Waals surface area contributed by atoms with E-state index in [9.17, 15) is 8.42 Å². The standard InChI is InChI=1S/C3H6O3S.Na.H/c4-7(5,6)3-1-2-3;;/h3H,1-2H2,(H,4,5,6);;. The average molecular weight is 146 g/mol. The second-order valence-electron chi connectivity index (χ2n) is 1.71. The SMILES string of the molecule is O=S(=O)(O)C1CC1.[NaH]. The Morgan fingerprint density at radius 2 is 1.75 bits per heavy atom. The minimum atomic E-state index is -3.63. The number of hydrogen-bond donors (Lipinski definition) is 1. The molecule has 44 valence electrons. The van der Waals surface area contributed by atoms with E-state index < -0.39 is 15.4 Å². The van der Waals surface area contributed by atoms with Gasteiger partial charge in [0.25, 0.3) is 10.1 Å². The topological polar surface area (TPSA) is 54.4 Å². The van der Waals surface area contributed by atoms with Gasteiger partial charge in [0, 0.05) is 0 Å². The van der Waals surface area contributed by atoms with Crippen LogP contribution in [-0.4, -0.2) is 47.8 Å². The Balaban J connectivity index is 0.000000490. The van der Waals surface area contributed by atoms with Crippen LogP contribution >= 0.6 is 0 Å². The summed E-state index contributed by atoms with van der Waals surface area (Å²) >= 11 is 0. The van der Waals surface area contributed by atoms with Crippen LogP contribution in [0.15, 0.2) is 0 Å². The molecule has 0 spiro atoms. The summed E-state index contributed by atoms with van der Waals surface area (Å²) in [6, 6.07) is 0. The Morgan fingerprint density at radius 1 is 1.38 bits per heavy atom. The van der Waals surface area contributed by atoms with Gasteiger partial charge in [-0.25, -0.2) is 0 Å². The summed E-state index contributed by atoms with van der Waals surface area (Å²) in [6.07, 6.45) is 1.28. The predicted molar refractivity (Wildman–Crippen MR) is 31.7 cm³/mol. The minimum absolute atomic E-state index is 0. The molecule has 0 aromatic rings. The van der Waals surface area contributed by atoms with Crippen molar-refractivity contribution in [3.05, 3.63) is 0 Å². The molecule has 1 aliphatic rings. The summed E-state index contributed by atoms with van der Waals surface area (Å²) in [6.45, 7) is 0. The van der Waals surface area contributed by atoms with Gasteiger partial charge in [0.15, 0.2) is 0 Å². The first kappa shape index (κ1) is 8.91. The molecule has 1 aliphatic carbocycles. The first-order valence-corrected chi connectivity index (χ1v) is 3.57. The van der Waals surface area contributed by atoms with Crippen LogP contribution in [-0.2, 0) is 10.1 Å². The van der Waals surface area contributed by atoms with Crippen LogP contribution < -0.4 is 0 Å². The van der Waals surface area contributed by atoms with Crippen LogP contribution in [0, 0.1) is 0 Å². The fourth-order valence-corrected chi connectivity index (χ4v) is 1.10. The van der Waals surface area contributed by atoms with Gasteiger partial charge in [-0.05, 0) is 12.8 Å². The monoisotopic (exact) mass is 146 g/mol. The molecule has 1 fully saturated rings. The van der Waals surface area contributed by atoms with Gasteiger partial charge in [-0.2, -0.15) is 8.42 Å². The van der Waals surface area contributed by atoms with Crippen LogP contribution in [0.2, 0.25) is 0 Å². The Morgan fingerprint density at radius 3 is 1.75 bits per heavy atom. The number of hydrogen-bond acceptors (Lipinski definition) is 2. The quantitative estimate of drug-likeness (QED) is 0.396. The first-order valence-electron chi connectivity index (χ1n) is 2.07. The van der Waals surface area contributed by atoms with E-state index in [-0.39, 0.29) is 29.6 Å². The van der Waals surface area contributed by atoms with E-state index >= 15 is 0 Å². The van der Waals surface area contributed by atoms with Crippen molar-refractivity contribution in [2.24, 2.45) is 0 Å². The molecule has 3 nitrogen and oxygen atoms in total. The molecule has 8 heavy (non-hydrogen) atoms. The van der Waals surface area contributed by atoms with Gasteiger partial charge in [-0.1, -0.05) is 0 Å². The van der Waals surface area contributed by atoms with Gasteiger partial charge >= 0.3 is 29.6 Å². The molecule has 0 saturated heterocycles. The van der Waals surface area contributed by atoms with Crippen molar-refractivity contribution >= 4 is 39.7 Å². The molecular formula is C3H7NaO3S. The van der Waals surface area contributed by atoms with E-state index in [1.54, 1.807) is 0 Å². The molecular weight excluding hydrogens is 139 g/mol. The van der Waals surface area contributed by atoms with Gasteiger partial charge in [0.05, 0.1) is 5.25 Å². The predicted octanol–water partition coefficient (Wildman–Crippen LogP) is -0.612. The fraction of sp³-hybridized carbons (Fsp3) is 1.00. The molecule has 0 atom stereocenters. The zero-order valence-electron chi connectivity index (χ0n) is 3.66. The average Bonchev–Trinajstić information content (AvgIpc) is 1.99. The van der Waals surface area contributed by atoms with E-state index in [1.165, 1.54) is 0 Å². The molecule has 0 amide bonds. The van der Waals surface area contributed by atoms with E-state index in [0.717, 1.165) is 0 Å². The molecule has 0 bridgehead atoms. The fourth-order valence-electron chi connectivity index (χ4n) is 0.366. The maximum atomic E-state index is 9.95. The Bertz CT molecular complexity index is 157. The van der Waals surface area contributed by atoms with Gasteiger partial charge in [0.2, 0.25) is 0 Å². The second kappa shape index (κ2) is 2.66. The van der Waals surface area contributed by atoms with Gasteiger partial charge in [0.1, 0.15) is 0 Å². The molecule has 1 N–H and O–H groups in total. The summed E-state index contributed by atoms with van der Waals surface area (Å²) in [5, 5.41) is -0.424. The Labute approximate surface area is 70.5 Å². The van der Waals surface area contributed by atoms with Crippen molar-refractivity contribution < 1.29 is 13.0 Å². The molecule has 0 aromatic heterocycles. The van der Waals surface area contributed by atoms with Crippen LogP contribution in [0.3, 0.4) is 0 Å². The molecule has 5 heteroatoms. The van der Waals surface area contributed by atoms with E-state index in [0.29, 0.717) is 12.8 Å². The van der Waals surface area contributed by atoms with Crippen molar-refractivity contribution in [1.82, 2.24) is 0 Å². The second-order valence-corrected chi connectivity index (χ2v) is 3.41. The summed E-state index contributed by atoms with van der Waals surface area (Å²) < 4.78 is 28.0. The Hall–Kier alpha value is 0.910. The number of rotatable bonds is 1. The zero-order chi connectivity index (χ0) is 5.49. The van der Waals surface area contributed by atoms with Gasteiger partial charge in [-0.15, -0.1) is 0 Å².